The number of amides is 1. The Hall–Kier alpha value is -4.02. The van der Waals surface area contributed by atoms with E-state index in [4.69, 9.17) is 0 Å². The van der Waals surface area contributed by atoms with E-state index in [1.807, 2.05) is 19.3 Å². The van der Waals surface area contributed by atoms with E-state index in [0.717, 1.165) is 21.3 Å². The van der Waals surface area contributed by atoms with Crippen molar-refractivity contribution >= 4 is 17.1 Å². The van der Waals surface area contributed by atoms with Crippen LogP contribution in [0, 0.1) is 0 Å². The number of hydrogen-bond donors (Lipinski definition) is 1. The van der Waals surface area contributed by atoms with Gasteiger partial charge >= 0.3 is 5.69 Å². The number of nitrogens with one attached hydrogen (secondary N) is 1. The first-order valence-corrected chi connectivity index (χ1v) is 9.15. The quantitative estimate of drug-likeness (QED) is 0.477. The van der Waals surface area contributed by atoms with Gasteiger partial charge in [-0.15, -0.1) is 0 Å². The highest BCUT2D eigenvalue weighted by Gasteiger charge is 2.16. The predicted octanol–water partition coefficient (Wildman–Crippen LogP) is -0.454. The van der Waals surface area contributed by atoms with Crippen LogP contribution in [0.3, 0.4) is 0 Å². The zero-order valence-electron chi connectivity index (χ0n) is 16.7. The second kappa shape index (κ2) is 7.43. The van der Waals surface area contributed by atoms with E-state index in [-0.39, 0.29) is 30.2 Å². The molecule has 4 rings (SSSR count). The number of pyridine rings is 1. The minimum absolute atomic E-state index is 0.0976. The van der Waals surface area contributed by atoms with Crippen molar-refractivity contribution in [1.82, 2.24) is 38.8 Å². The summed E-state index contributed by atoms with van der Waals surface area (Å²) in [7, 11) is 4.76. The molecule has 4 heterocycles. The Kier molecular flexibility index (Phi) is 4.78. The van der Waals surface area contributed by atoms with Gasteiger partial charge in [-0.25, -0.2) is 9.78 Å². The molecule has 1 N–H and O–H groups in total. The van der Waals surface area contributed by atoms with Crippen LogP contribution in [-0.4, -0.2) is 39.4 Å². The van der Waals surface area contributed by atoms with Crippen LogP contribution in [0.2, 0.25) is 0 Å². The first-order chi connectivity index (χ1) is 14.3. The molecular formula is C19H20N8O3. The number of hydrogen-bond acceptors (Lipinski definition) is 6. The average Bonchev–Trinajstić information content (AvgIpc) is 3.36. The molecule has 0 unspecified atom stereocenters. The number of rotatable bonds is 5. The van der Waals surface area contributed by atoms with Crippen LogP contribution in [0.5, 0.6) is 0 Å². The van der Waals surface area contributed by atoms with Gasteiger partial charge in [0, 0.05) is 57.4 Å². The summed E-state index contributed by atoms with van der Waals surface area (Å²) < 4.78 is 5.42. The molecule has 4 aromatic rings. The van der Waals surface area contributed by atoms with Crippen molar-refractivity contribution < 1.29 is 4.79 Å². The standard InChI is InChI=1S/C19H20N8O3/c1-24-9-14(8-23-24)13-4-12(5-20-7-13)6-21-15(28)10-27-11-22-17-16(27)18(29)26(3)19(30)25(17)2/h4-5,7-9,11H,6,10H2,1-3H3,(H,21,28). The first kappa shape index (κ1) is 19.3. The Bertz CT molecular complexity index is 1370. The van der Waals surface area contributed by atoms with Crippen LogP contribution in [-0.2, 0) is 39.0 Å². The summed E-state index contributed by atoms with van der Waals surface area (Å²) in [6.07, 6.45) is 8.43. The van der Waals surface area contributed by atoms with Crippen LogP contribution >= 0.6 is 0 Å². The van der Waals surface area contributed by atoms with E-state index in [1.165, 1.54) is 29.6 Å². The normalized spacial score (nSPS) is 11.2. The molecule has 0 atom stereocenters. The van der Waals surface area contributed by atoms with Gasteiger partial charge in [-0.2, -0.15) is 5.10 Å². The second-order valence-corrected chi connectivity index (χ2v) is 7.01. The topological polar surface area (TPSA) is 122 Å². The molecule has 0 radical (unpaired) electrons. The lowest BCUT2D eigenvalue weighted by molar-refractivity contribution is -0.121. The number of imidazole rings is 1. The van der Waals surface area contributed by atoms with Gasteiger partial charge in [0.1, 0.15) is 6.54 Å². The number of aryl methyl sites for hydroxylation is 2. The fourth-order valence-electron chi connectivity index (χ4n) is 3.24. The molecule has 0 spiro atoms. The third-order valence-corrected chi connectivity index (χ3v) is 4.85. The Balaban J connectivity index is 1.50. The van der Waals surface area contributed by atoms with Crippen LogP contribution in [0.4, 0.5) is 0 Å². The third-order valence-electron chi connectivity index (χ3n) is 4.85. The van der Waals surface area contributed by atoms with Crippen molar-refractivity contribution in [2.45, 2.75) is 13.1 Å². The highest BCUT2D eigenvalue weighted by atomic mass is 16.2. The van der Waals surface area contributed by atoms with E-state index < -0.39 is 11.2 Å². The fourth-order valence-corrected chi connectivity index (χ4v) is 3.24. The van der Waals surface area contributed by atoms with Crippen LogP contribution in [0.25, 0.3) is 22.3 Å². The van der Waals surface area contributed by atoms with Crippen molar-refractivity contribution in [3.63, 3.8) is 0 Å². The summed E-state index contributed by atoms with van der Waals surface area (Å²) in [5.41, 5.74) is 2.15. The highest BCUT2D eigenvalue weighted by Crippen LogP contribution is 2.18. The van der Waals surface area contributed by atoms with Gasteiger partial charge < -0.3 is 9.88 Å². The average molecular weight is 408 g/mol. The summed E-state index contributed by atoms with van der Waals surface area (Å²) in [6.45, 7) is 0.183. The molecule has 11 nitrogen and oxygen atoms in total. The minimum Gasteiger partial charge on any atom is -0.350 e. The Labute approximate surface area is 170 Å². The zero-order chi connectivity index (χ0) is 21.4. The van der Waals surface area contributed by atoms with E-state index >= 15 is 0 Å². The molecule has 30 heavy (non-hydrogen) atoms. The molecule has 0 aliphatic carbocycles. The molecule has 0 saturated heterocycles. The lowest BCUT2D eigenvalue weighted by Crippen LogP contribution is -2.38. The number of nitrogens with zero attached hydrogens (tertiary/aromatic N) is 7. The van der Waals surface area contributed by atoms with Crippen LogP contribution in [0.1, 0.15) is 5.56 Å². The molecule has 0 saturated carbocycles. The summed E-state index contributed by atoms with van der Waals surface area (Å²) in [5.74, 6) is -0.294. The van der Waals surface area contributed by atoms with Gasteiger partial charge in [-0.05, 0) is 11.6 Å². The number of carbonyl (C=O) groups excluding carboxylic acids is 1. The number of carbonyl (C=O) groups is 1. The highest BCUT2D eigenvalue weighted by molar-refractivity contribution is 5.78. The monoisotopic (exact) mass is 408 g/mol. The third kappa shape index (κ3) is 3.41. The van der Waals surface area contributed by atoms with Gasteiger partial charge in [0.05, 0.1) is 12.5 Å². The van der Waals surface area contributed by atoms with Gasteiger partial charge in [0.25, 0.3) is 5.56 Å². The largest absolute Gasteiger partial charge is 0.350 e. The fraction of sp³-hybridized carbons (Fsp3) is 0.263. The van der Waals surface area contributed by atoms with Crippen molar-refractivity contribution in [3.05, 3.63) is 63.6 Å². The van der Waals surface area contributed by atoms with E-state index in [2.05, 4.69) is 20.4 Å². The first-order valence-electron chi connectivity index (χ1n) is 9.15. The van der Waals surface area contributed by atoms with E-state index in [9.17, 15) is 14.4 Å². The summed E-state index contributed by atoms with van der Waals surface area (Å²) >= 11 is 0. The number of fused-ring (bicyclic) bond motifs is 1. The van der Waals surface area contributed by atoms with Gasteiger partial charge in [-0.1, -0.05) is 0 Å². The maximum Gasteiger partial charge on any atom is 0.332 e. The lowest BCUT2D eigenvalue weighted by Gasteiger charge is -2.08. The smallest absolute Gasteiger partial charge is 0.332 e. The van der Waals surface area contributed by atoms with Gasteiger partial charge in [0.2, 0.25) is 5.91 Å². The molecule has 0 aliphatic rings. The second-order valence-electron chi connectivity index (χ2n) is 7.01. The SMILES string of the molecule is Cn1cc(-c2cncc(CNC(=O)Cn3cnc4c3c(=O)n(C)c(=O)n4C)c2)cn1. The van der Waals surface area contributed by atoms with Crippen molar-refractivity contribution in [3.8, 4) is 11.1 Å². The lowest BCUT2D eigenvalue weighted by atomic mass is 10.1. The van der Waals surface area contributed by atoms with Crippen molar-refractivity contribution in [2.24, 2.45) is 21.1 Å². The van der Waals surface area contributed by atoms with Crippen molar-refractivity contribution in [1.29, 1.82) is 0 Å². The molecule has 0 aromatic carbocycles. The van der Waals surface area contributed by atoms with Gasteiger partial charge in [-0.3, -0.25) is 28.4 Å². The minimum atomic E-state index is -0.494. The summed E-state index contributed by atoms with van der Waals surface area (Å²) in [5, 5.41) is 6.97. The molecule has 11 heteroatoms. The Morgan fingerprint density at radius 3 is 2.60 bits per heavy atom. The van der Waals surface area contributed by atoms with Gasteiger partial charge in [0.15, 0.2) is 11.2 Å². The molecular weight excluding hydrogens is 388 g/mol. The Morgan fingerprint density at radius 2 is 1.87 bits per heavy atom. The van der Waals surface area contributed by atoms with E-state index in [0.29, 0.717) is 0 Å². The molecule has 1 amide bonds. The molecule has 0 aliphatic heterocycles. The summed E-state index contributed by atoms with van der Waals surface area (Å²) in [6, 6.07) is 1.93. The van der Waals surface area contributed by atoms with Crippen LogP contribution < -0.4 is 16.6 Å². The molecule has 154 valence electrons. The maximum absolute atomic E-state index is 12.5. The van der Waals surface area contributed by atoms with E-state index in [1.54, 1.807) is 23.3 Å². The Morgan fingerprint density at radius 1 is 1.07 bits per heavy atom. The maximum atomic E-state index is 12.5. The van der Waals surface area contributed by atoms with Crippen molar-refractivity contribution in [2.75, 3.05) is 0 Å². The molecule has 4 aromatic heterocycles. The number of aromatic nitrogens is 7. The zero-order valence-corrected chi connectivity index (χ0v) is 16.7. The molecule has 0 fully saturated rings. The molecule has 0 bridgehead atoms. The predicted molar refractivity (Wildman–Crippen MR) is 109 cm³/mol. The van der Waals surface area contributed by atoms with Crippen LogP contribution in [0.15, 0.2) is 46.8 Å². The summed E-state index contributed by atoms with van der Waals surface area (Å²) in [4.78, 5) is 45.3.